The zero-order chi connectivity index (χ0) is 36.3. The van der Waals surface area contributed by atoms with Gasteiger partial charge in [0.1, 0.15) is 24.6 Å². The molecule has 0 bridgehead atoms. The SMILES string of the molecule is CCc1c(Cn2cc(CCCO)c(C)c2C(=O)OCc2ccccc2)[nH]c(Cn2cc(CCCO)c(C)c2C(=O)OCc2ccccc2)c1CC. The van der Waals surface area contributed by atoms with Crippen LogP contribution in [0.1, 0.15) is 104 Å². The average molecular weight is 694 g/mol. The lowest BCUT2D eigenvalue weighted by Gasteiger charge is -2.11. The third-order valence-corrected chi connectivity index (χ3v) is 9.65. The van der Waals surface area contributed by atoms with Crippen LogP contribution in [0.4, 0.5) is 0 Å². The summed E-state index contributed by atoms with van der Waals surface area (Å²) in [6.45, 7) is 9.53. The molecule has 5 rings (SSSR count). The molecule has 3 heterocycles. The van der Waals surface area contributed by atoms with Gasteiger partial charge in [0.2, 0.25) is 0 Å². The van der Waals surface area contributed by atoms with Crippen molar-refractivity contribution in [1.29, 1.82) is 0 Å². The van der Waals surface area contributed by atoms with Crippen LogP contribution in [0.15, 0.2) is 73.1 Å². The monoisotopic (exact) mass is 693 g/mol. The van der Waals surface area contributed by atoms with Crippen LogP contribution in [0.3, 0.4) is 0 Å². The van der Waals surface area contributed by atoms with Gasteiger partial charge in [0, 0.05) is 37.0 Å². The third-order valence-electron chi connectivity index (χ3n) is 9.65. The van der Waals surface area contributed by atoms with Crippen LogP contribution in [-0.4, -0.2) is 49.5 Å². The standard InChI is InChI=1S/C42H51N3O6/c1-5-35-36(6-2)38(26-45-24-34(20-14-22-47)30(4)40(45)42(49)51-28-32-17-11-8-12-18-32)43-37(35)25-44-23-33(19-13-21-46)29(3)39(44)41(48)50-27-31-15-9-7-10-16-31/h7-12,15-18,23-24,43,46-47H,5-6,13-14,19-22,25-28H2,1-4H3. The van der Waals surface area contributed by atoms with Crippen LogP contribution in [-0.2, 0) is 61.5 Å². The van der Waals surface area contributed by atoms with Gasteiger partial charge in [0.25, 0.3) is 0 Å². The normalized spacial score (nSPS) is 11.3. The van der Waals surface area contributed by atoms with Gasteiger partial charge in [-0.25, -0.2) is 9.59 Å². The van der Waals surface area contributed by atoms with E-state index in [9.17, 15) is 19.8 Å². The van der Waals surface area contributed by atoms with E-state index in [1.807, 2.05) is 96.0 Å². The van der Waals surface area contributed by atoms with Crippen molar-refractivity contribution in [3.8, 4) is 0 Å². The Hall–Kier alpha value is -4.86. The molecule has 0 fully saturated rings. The lowest BCUT2D eigenvalue weighted by Crippen LogP contribution is -2.15. The van der Waals surface area contributed by atoms with Crippen molar-refractivity contribution in [2.24, 2.45) is 0 Å². The third kappa shape index (κ3) is 8.90. The number of hydrogen-bond acceptors (Lipinski definition) is 6. The molecule has 0 saturated heterocycles. The van der Waals surface area contributed by atoms with Gasteiger partial charge in [-0.05, 0) is 96.9 Å². The van der Waals surface area contributed by atoms with Crippen molar-refractivity contribution in [3.63, 3.8) is 0 Å². The number of rotatable bonds is 18. The maximum atomic E-state index is 13.6. The molecule has 0 atom stereocenters. The fraction of sp³-hybridized carbons (Fsp3) is 0.381. The van der Waals surface area contributed by atoms with Crippen LogP contribution >= 0.6 is 0 Å². The molecule has 0 saturated carbocycles. The molecule has 0 amide bonds. The highest BCUT2D eigenvalue weighted by molar-refractivity contribution is 5.90. The molecule has 51 heavy (non-hydrogen) atoms. The molecule has 270 valence electrons. The number of nitrogens with one attached hydrogen (secondary N) is 1. The van der Waals surface area contributed by atoms with E-state index in [4.69, 9.17) is 9.47 Å². The van der Waals surface area contributed by atoms with Gasteiger partial charge >= 0.3 is 11.9 Å². The lowest BCUT2D eigenvalue weighted by atomic mass is 10.0. The summed E-state index contributed by atoms with van der Waals surface area (Å²) in [5.41, 5.74) is 11.0. The molecule has 0 spiro atoms. The molecule has 0 aliphatic carbocycles. The predicted molar refractivity (Wildman–Crippen MR) is 198 cm³/mol. The van der Waals surface area contributed by atoms with E-state index < -0.39 is 0 Å². The second kappa shape index (κ2) is 17.9. The van der Waals surface area contributed by atoms with Crippen molar-refractivity contribution >= 4 is 11.9 Å². The lowest BCUT2D eigenvalue weighted by molar-refractivity contribution is 0.0451. The fourth-order valence-corrected chi connectivity index (χ4v) is 7.01. The van der Waals surface area contributed by atoms with Crippen LogP contribution in [0, 0.1) is 13.8 Å². The molecular weight excluding hydrogens is 642 g/mol. The summed E-state index contributed by atoms with van der Waals surface area (Å²) >= 11 is 0. The van der Waals surface area contributed by atoms with Gasteiger partial charge in [-0.1, -0.05) is 74.5 Å². The first-order chi connectivity index (χ1) is 24.8. The zero-order valence-corrected chi connectivity index (χ0v) is 30.3. The molecule has 0 unspecified atom stereocenters. The van der Waals surface area contributed by atoms with E-state index in [1.165, 1.54) is 11.1 Å². The molecule has 3 aromatic heterocycles. The van der Waals surface area contributed by atoms with Crippen molar-refractivity contribution in [2.75, 3.05) is 13.2 Å². The summed E-state index contributed by atoms with van der Waals surface area (Å²) in [6.07, 6.45) is 8.11. The molecule has 9 heteroatoms. The number of aliphatic hydroxyl groups excluding tert-OH is 2. The van der Waals surface area contributed by atoms with E-state index in [0.29, 0.717) is 50.2 Å². The molecule has 9 nitrogen and oxygen atoms in total. The van der Waals surface area contributed by atoms with Crippen LogP contribution < -0.4 is 0 Å². The Balaban J connectivity index is 1.47. The predicted octanol–water partition coefficient (Wildman–Crippen LogP) is 7.02. The number of benzene rings is 2. The highest BCUT2D eigenvalue weighted by Gasteiger charge is 2.25. The summed E-state index contributed by atoms with van der Waals surface area (Å²) in [7, 11) is 0. The van der Waals surface area contributed by atoms with Gasteiger partial charge in [0.15, 0.2) is 0 Å². The van der Waals surface area contributed by atoms with Crippen LogP contribution in [0.5, 0.6) is 0 Å². The summed E-state index contributed by atoms with van der Waals surface area (Å²) in [4.78, 5) is 31.0. The maximum absolute atomic E-state index is 13.6. The van der Waals surface area contributed by atoms with Crippen molar-refractivity contribution in [3.05, 3.63) is 140 Å². The number of H-pyrrole nitrogens is 1. The first-order valence-corrected chi connectivity index (χ1v) is 18.0. The van der Waals surface area contributed by atoms with Gasteiger partial charge in [-0.2, -0.15) is 0 Å². The highest BCUT2D eigenvalue weighted by Crippen LogP contribution is 2.28. The fourth-order valence-electron chi connectivity index (χ4n) is 7.01. The number of aliphatic hydroxyl groups is 2. The maximum Gasteiger partial charge on any atom is 0.355 e. The Morgan fingerprint density at radius 2 is 1.04 bits per heavy atom. The first-order valence-electron chi connectivity index (χ1n) is 18.0. The number of ether oxygens (including phenoxy) is 2. The van der Waals surface area contributed by atoms with Gasteiger partial charge in [0.05, 0.1) is 13.1 Å². The molecule has 2 aromatic carbocycles. The summed E-state index contributed by atoms with van der Waals surface area (Å²) in [5, 5.41) is 19.1. The Kier molecular flexibility index (Phi) is 13.1. The topological polar surface area (TPSA) is 119 Å². The van der Waals surface area contributed by atoms with E-state index in [2.05, 4.69) is 18.8 Å². The van der Waals surface area contributed by atoms with Crippen LogP contribution in [0.2, 0.25) is 0 Å². The van der Waals surface area contributed by atoms with Gasteiger partial charge in [-0.3, -0.25) is 0 Å². The van der Waals surface area contributed by atoms with Crippen molar-refractivity contribution in [2.45, 2.75) is 92.5 Å². The number of nitrogens with zero attached hydrogens (tertiary/aromatic N) is 2. The van der Waals surface area contributed by atoms with Gasteiger partial charge in [-0.15, -0.1) is 0 Å². The minimum atomic E-state index is -0.385. The number of hydrogen-bond donors (Lipinski definition) is 3. The van der Waals surface area contributed by atoms with Crippen LogP contribution in [0.25, 0.3) is 0 Å². The van der Waals surface area contributed by atoms with Gasteiger partial charge < -0.3 is 33.8 Å². The zero-order valence-electron chi connectivity index (χ0n) is 30.3. The second-order valence-corrected chi connectivity index (χ2v) is 13.0. The van der Waals surface area contributed by atoms with E-state index in [-0.39, 0.29) is 38.4 Å². The Morgan fingerprint density at radius 3 is 1.39 bits per heavy atom. The number of carbonyl (C=O) groups is 2. The molecule has 3 N–H and O–H groups in total. The number of esters is 2. The van der Waals surface area contributed by atoms with Crippen molar-refractivity contribution in [1.82, 2.24) is 14.1 Å². The Labute approximate surface area is 300 Å². The average Bonchev–Trinajstić information content (AvgIpc) is 3.76. The quantitative estimate of drug-likeness (QED) is 0.0850. The smallest absolute Gasteiger partial charge is 0.355 e. The van der Waals surface area contributed by atoms with E-state index >= 15 is 0 Å². The largest absolute Gasteiger partial charge is 0.456 e. The number of aromatic nitrogens is 3. The second-order valence-electron chi connectivity index (χ2n) is 13.0. The molecule has 0 aliphatic rings. The Bertz CT molecular complexity index is 1770. The Morgan fingerprint density at radius 1 is 0.647 bits per heavy atom. The number of carbonyl (C=O) groups excluding carboxylic acids is 2. The van der Waals surface area contributed by atoms with Crippen molar-refractivity contribution < 1.29 is 29.3 Å². The minimum Gasteiger partial charge on any atom is -0.456 e. The summed E-state index contributed by atoms with van der Waals surface area (Å²) < 4.78 is 15.6. The molecular formula is C42H51N3O6. The summed E-state index contributed by atoms with van der Waals surface area (Å²) in [6, 6.07) is 19.3. The molecule has 0 aliphatic heterocycles. The molecule has 5 aromatic rings. The highest BCUT2D eigenvalue weighted by atomic mass is 16.5. The number of aromatic amines is 1. The molecule has 0 radical (unpaired) electrons. The number of aryl methyl sites for hydroxylation is 2. The summed E-state index contributed by atoms with van der Waals surface area (Å²) in [5.74, 6) is -0.770. The first kappa shape index (κ1) is 37.4. The van der Waals surface area contributed by atoms with E-state index in [0.717, 1.165) is 57.6 Å². The minimum absolute atomic E-state index is 0.0700. The van der Waals surface area contributed by atoms with E-state index in [1.54, 1.807) is 0 Å².